The monoisotopic (exact) mass is 270 g/mol. The zero-order valence-corrected chi connectivity index (χ0v) is 10.5. The molecule has 74 valence electrons. The smallest absolute Gasteiger partial charge is 0.137 e. The first-order valence-corrected chi connectivity index (χ1v) is 6.20. The Morgan fingerprint density at radius 3 is 2.93 bits per heavy atom. The second-order valence-electron chi connectivity index (χ2n) is 3.11. The lowest BCUT2D eigenvalue weighted by Gasteiger charge is -2.02. The molecular weight excluding hydrogens is 260 g/mol. The number of hydrogen-bond acceptors (Lipinski definition) is 2. The summed E-state index contributed by atoms with van der Waals surface area (Å²) in [6, 6.07) is 4.23. The van der Waals surface area contributed by atoms with Gasteiger partial charge in [-0.05, 0) is 41.4 Å². The van der Waals surface area contributed by atoms with Gasteiger partial charge in [0.25, 0.3) is 0 Å². The maximum atomic E-state index is 5.54. The van der Waals surface area contributed by atoms with Crippen LogP contribution in [0.4, 0.5) is 0 Å². The van der Waals surface area contributed by atoms with Crippen molar-refractivity contribution in [2.45, 2.75) is 13.8 Å². The van der Waals surface area contributed by atoms with Crippen LogP contribution >= 0.6 is 27.3 Å². The first-order chi connectivity index (χ1) is 6.74. The fraction of sp³-hybridized carbons (Fsp3) is 0.273. The minimum atomic E-state index is 0.720. The van der Waals surface area contributed by atoms with Crippen LogP contribution in [0.5, 0.6) is 5.75 Å². The SMILES string of the molecule is CCOc1csc2c(Br)c(C)ccc12. The summed E-state index contributed by atoms with van der Waals surface area (Å²) in [7, 11) is 0. The molecule has 0 aliphatic heterocycles. The number of fused-ring (bicyclic) bond motifs is 1. The van der Waals surface area contributed by atoms with Gasteiger partial charge in [-0.15, -0.1) is 11.3 Å². The predicted molar refractivity (Wildman–Crippen MR) is 65.4 cm³/mol. The van der Waals surface area contributed by atoms with Gasteiger partial charge < -0.3 is 4.74 Å². The Hall–Kier alpha value is -0.540. The van der Waals surface area contributed by atoms with E-state index in [2.05, 4.69) is 40.4 Å². The van der Waals surface area contributed by atoms with Crippen molar-refractivity contribution in [1.82, 2.24) is 0 Å². The van der Waals surface area contributed by atoms with E-state index in [1.165, 1.54) is 20.1 Å². The highest BCUT2D eigenvalue weighted by Gasteiger charge is 2.08. The van der Waals surface area contributed by atoms with Crippen molar-refractivity contribution >= 4 is 37.4 Å². The molecule has 0 saturated heterocycles. The molecule has 1 aromatic heterocycles. The van der Waals surface area contributed by atoms with Crippen LogP contribution < -0.4 is 4.74 Å². The van der Waals surface area contributed by atoms with Crippen LogP contribution in [0.1, 0.15) is 12.5 Å². The largest absolute Gasteiger partial charge is 0.492 e. The van der Waals surface area contributed by atoms with Gasteiger partial charge in [0.15, 0.2) is 0 Å². The summed E-state index contributed by atoms with van der Waals surface area (Å²) >= 11 is 5.32. The van der Waals surface area contributed by atoms with E-state index >= 15 is 0 Å². The molecule has 0 fully saturated rings. The van der Waals surface area contributed by atoms with Crippen LogP contribution in [0.15, 0.2) is 22.0 Å². The molecule has 0 aliphatic carbocycles. The molecule has 14 heavy (non-hydrogen) atoms. The number of rotatable bonds is 2. The van der Waals surface area contributed by atoms with E-state index in [4.69, 9.17) is 4.74 Å². The number of thiophene rings is 1. The van der Waals surface area contributed by atoms with Gasteiger partial charge in [-0.25, -0.2) is 0 Å². The van der Waals surface area contributed by atoms with Crippen LogP contribution in [-0.2, 0) is 0 Å². The lowest BCUT2D eigenvalue weighted by Crippen LogP contribution is -1.89. The van der Waals surface area contributed by atoms with Crippen LogP contribution in [0.3, 0.4) is 0 Å². The van der Waals surface area contributed by atoms with E-state index < -0.39 is 0 Å². The normalized spacial score (nSPS) is 10.8. The maximum Gasteiger partial charge on any atom is 0.137 e. The topological polar surface area (TPSA) is 9.23 Å². The molecule has 1 nitrogen and oxygen atoms in total. The van der Waals surface area contributed by atoms with Gasteiger partial charge in [0.05, 0.1) is 11.3 Å². The summed E-state index contributed by atoms with van der Waals surface area (Å²) in [4.78, 5) is 0. The molecule has 0 bridgehead atoms. The van der Waals surface area contributed by atoms with Crippen molar-refractivity contribution in [3.05, 3.63) is 27.5 Å². The highest BCUT2D eigenvalue weighted by atomic mass is 79.9. The lowest BCUT2D eigenvalue weighted by molar-refractivity contribution is 0.345. The van der Waals surface area contributed by atoms with Crippen molar-refractivity contribution < 1.29 is 4.74 Å². The molecule has 1 heterocycles. The van der Waals surface area contributed by atoms with E-state index in [0.717, 1.165) is 12.4 Å². The molecule has 3 heteroatoms. The molecule has 0 spiro atoms. The number of benzene rings is 1. The molecule has 1 aromatic carbocycles. The number of ether oxygens (including phenoxy) is 1. The molecule has 0 amide bonds. The molecule has 0 saturated carbocycles. The first-order valence-electron chi connectivity index (χ1n) is 4.53. The predicted octanol–water partition coefficient (Wildman–Crippen LogP) is 4.37. The average Bonchev–Trinajstić information content (AvgIpc) is 2.57. The molecule has 0 radical (unpaired) electrons. The second-order valence-corrected chi connectivity index (χ2v) is 4.78. The van der Waals surface area contributed by atoms with E-state index in [0.29, 0.717) is 0 Å². The van der Waals surface area contributed by atoms with Crippen LogP contribution in [0, 0.1) is 6.92 Å². The van der Waals surface area contributed by atoms with E-state index in [1.807, 2.05) is 6.92 Å². The zero-order chi connectivity index (χ0) is 10.1. The molecular formula is C11H11BrOS. The van der Waals surface area contributed by atoms with Crippen LogP contribution in [0.2, 0.25) is 0 Å². The first kappa shape index (κ1) is 9.99. The summed E-state index contributed by atoms with van der Waals surface area (Å²) in [5.74, 6) is 0.994. The zero-order valence-electron chi connectivity index (χ0n) is 8.13. The summed E-state index contributed by atoms with van der Waals surface area (Å²) in [5.41, 5.74) is 1.27. The molecule has 0 N–H and O–H groups in total. The summed E-state index contributed by atoms with van der Waals surface area (Å²) in [6.45, 7) is 4.83. The minimum absolute atomic E-state index is 0.720. The Labute approximate surface area is 95.8 Å². The van der Waals surface area contributed by atoms with Crippen molar-refractivity contribution in [3.63, 3.8) is 0 Å². The third-order valence-corrected chi connectivity index (χ3v) is 4.42. The van der Waals surface area contributed by atoms with E-state index in [-0.39, 0.29) is 0 Å². The van der Waals surface area contributed by atoms with Gasteiger partial charge in [0, 0.05) is 15.2 Å². The number of aryl methyl sites for hydroxylation is 1. The van der Waals surface area contributed by atoms with Gasteiger partial charge in [0.2, 0.25) is 0 Å². The van der Waals surface area contributed by atoms with Crippen molar-refractivity contribution in [2.24, 2.45) is 0 Å². The highest BCUT2D eigenvalue weighted by Crippen LogP contribution is 2.38. The maximum absolute atomic E-state index is 5.54. The molecule has 2 aromatic rings. The lowest BCUT2D eigenvalue weighted by atomic mass is 10.2. The van der Waals surface area contributed by atoms with Gasteiger partial charge in [-0.2, -0.15) is 0 Å². The number of halogens is 1. The van der Waals surface area contributed by atoms with Gasteiger partial charge in [0.1, 0.15) is 5.75 Å². The number of hydrogen-bond donors (Lipinski definition) is 0. The van der Waals surface area contributed by atoms with Crippen LogP contribution in [-0.4, -0.2) is 6.61 Å². The highest BCUT2D eigenvalue weighted by molar-refractivity contribution is 9.10. The van der Waals surface area contributed by atoms with Gasteiger partial charge in [-0.1, -0.05) is 6.07 Å². The quantitative estimate of drug-likeness (QED) is 0.788. The average molecular weight is 271 g/mol. The fourth-order valence-corrected chi connectivity index (χ4v) is 3.01. The molecule has 0 atom stereocenters. The second kappa shape index (κ2) is 3.91. The fourth-order valence-electron chi connectivity index (χ4n) is 1.41. The third kappa shape index (κ3) is 1.55. The van der Waals surface area contributed by atoms with Crippen LogP contribution in [0.25, 0.3) is 10.1 Å². The minimum Gasteiger partial charge on any atom is -0.492 e. The van der Waals surface area contributed by atoms with Crippen molar-refractivity contribution in [2.75, 3.05) is 6.61 Å². The van der Waals surface area contributed by atoms with Crippen molar-refractivity contribution in [3.8, 4) is 5.75 Å². The molecule has 2 rings (SSSR count). The summed E-state index contributed by atoms with van der Waals surface area (Å²) in [5, 5.41) is 3.27. The van der Waals surface area contributed by atoms with E-state index in [1.54, 1.807) is 11.3 Å². The molecule has 0 unspecified atom stereocenters. The Morgan fingerprint density at radius 1 is 1.43 bits per heavy atom. The summed E-state index contributed by atoms with van der Waals surface area (Å²) in [6.07, 6.45) is 0. The summed E-state index contributed by atoms with van der Waals surface area (Å²) < 4.78 is 8.00. The van der Waals surface area contributed by atoms with E-state index in [9.17, 15) is 0 Å². The standard InChI is InChI=1S/C11H11BrOS/c1-3-13-9-6-14-11-8(9)5-4-7(2)10(11)12/h4-6H,3H2,1-2H3. The molecule has 0 aliphatic rings. The van der Waals surface area contributed by atoms with Gasteiger partial charge >= 0.3 is 0 Å². The Balaban J connectivity index is 2.64. The third-order valence-electron chi connectivity index (χ3n) is 2.14. The Bertz CT molecular complexity index is 462. The van der Waals surface area contributed by atoms with Crippen molar-refractivity contribution in [1.29, 1.82) is 0 Å². The van der Waals surface area contributed by atoms with Gasteiger partial charge in [-0.3, -0.25) is 0 Å². The Morgan fingerprint density at radius 2 is 2.21 bits per heavy atom. The Kier molecular flexibility index (Phi) is 2.79.